The number of nitrogens with one attached hydrogen (secondary N) is 3. The van der Waals surface area contributed by atoms with Crippen molar-refractivity contribution in [1.29, 1.82) is 0 Å². The number of fused-ring (bicyclic) bond motifs is 2. The van der Waals surface area contributed by atoms with Crippen LogP contribution in [0.2, 0.25) is 5.02 Å². The highest BCUT2D eigenvalue weighted by molar-refractivity contribution is 6.36. The van der Waals surface area contributed by atoms with Crippen LogP contribution < -0.4 is 21.1 Å². The molecule has 0 radical (unpaired) electrons. The third-order valence-corrected chi connectivity index (χ3v) is 6.30. The minimum absolute atomic E-state index is 0.184. The van der Waals surface area contributed by atoms with Crippen molar-refractivity contribution in [3.63, 3.8) is 0 Å². The van der Waals surface area contributed by atoms with E-state index in [9.17, 15) is 14.0 Å². The van der Waals surface area contributed by atoms with Gasteiger partial charge in [0, 0.05) is 5.69 Å². The Hall–Kier alpha value is -4.05. The summed E-state index contributed by atoms with van der Waals surface area (Å²) in [5, 5.41) is 7.07. The standard InChI is InChI=1S/C23H19ClFN7O2/c1-12(30-20-18-19(26-10-28-20)27-11-29-21(18)33)23(2)31-16-8-4-7-15(24)17(16)22(34)32(23)14-6-3-5-13(25)9-14/h3-12,31H,1-2H3,(H2,26,27,28,29,30,33)/t12-,23?/m0/s1. The molecule has 4 aromatic rings. The predicted molar refractivity (Wildman–Crippen MR) is 128 cm³/mol. The van der Waals surface area contributed by atoms with Crippen molar-refractivity contribution in [1.82, 2.24) is 19.9 Å². The molecule has 2 atom stereocenters. The maximum absolute atomic E-state index is 14.2. The van der Waals surface area contributed by atoms with E-state index < -0.39 is 29.0 Å². The van der Waals surface area contributed by atoms with E-state index in [0.717, 1.165) is 0 Å². The number of anilines is 3. The van der Waals surface area contributed by atoms with Crippen LogP contribution in [0.4, 0.5) is 21.6 Å². The second-order valence-electron chi connectivity index (χ2n) is 8.07. The quantitative estimate of drug-likeness (QED) is 0.407. The molecule has 0 fully saturated rings. The van der Waals surface area contributed by atoms with Gasteiger partial charge in [0.2, 0.25) is 0 Å². The topological polar surface area (TPSA) is 116 Å². The highest BCUT2D eigenvalue weighted by Crippen LogP contribution is 2.40. The van der Waals surface area contributed by atoms with Gasteiger partial charge in [0.15, 0.2) is 0 Å². The molecule has 1 aliphatic rings. The molecule has 3 heterocycles. The van der Waals surface area contributed by atoms with E-state index in [-0.39, 0.29) is 21.8 Å². The van der Waals surface area contributed by atoms with Crippen molar-refractivity contribution in [2.75, 3.05) is 15.5 Å². The fourth-order valence-electron chi connectivity index (χ4n) is 4.17. The molecule has 9 nitrogen and oxygen atoms in total. The highest BCUT2D eigenvalue weighted by Gasteiger charge is 2.47. The van der Waals surface area contributed by atoms with Crippen LogP contribution >= 0.6 is 11.6 Å². The van der Waals surface area contributed by atoms with Gasteiger partial charge in [-0.1, -0.05) is 23.7 Å². The van der Waals surface area contributed by atoms with Crippen molar-refractivity contribution in [2.45, 2.75) is 25.6 Å². The second kappa shape index (κ2) is 8.07. The Morgan fingerprint density at radius 3 is 2.74 bits per heavy atom. The summed E-state index contributed by atoms with van der Waals surface area (Å²) in [5.74, 6) is -0.635. The Bertz CT molecular complexity index is 1490. The number of rotatable bonds is 4. The molecule has 11 heteroatoms. The van der Waals surface area contributed by atoms with Gasteiger partial charge in [-0.25, -0.2) is 14.4 Å². The molecule has 2 aromatic carbocycles. The van der Waals surface area contributed by atoms with Crippen LogP contribution in [0, 0.1) is 5.82 Å². The van der Waals surface area contributed by atoms with Crippen LogP contribution in [0.15, 0.2) is 59.9 Å². The molecule has 1 amide bonds. The van der Waals surface area contributed by atoms with Crippen LogP contribution in [0.1, 0.15) is 24.2 Å². The van der Waals surface area contributed by atoms with Crippen molar-refractivity contribution >= 4 is 45.7 Å². The van der Waals surface area contributed by atoms with Crippen molar-refractivity contribution in [3.05, 3.63) is 81.9 Å². The smallest absolute Gasteiger partial charge is 0.285 e. The lowest BCUT2D eigenvalue weighted by Crippen LogP contribution is -2.66. The molecule has 0 spiro atoms. The van der Waals surface area contributed by atoms with Crippen molar-refractivity contribution < 1.29 is 9.18 Å². The van der Waals surface area contributed by atoms with E-state index >= 15 is 0 Å². The molecule has 34 heavy (non-hydrogen) atoms. The molecule has 3 N–H and O–H groups in total. The fraction of sp³-hybridized carbons (Fsp3) is 0.174. The van der Waals surface area contributed by atoms with E-state index in [1.54, 1.807) is 31.2 Å². The molecule has 2 aromatic heterocycles. The lowest BCUT2D eigenvalue weighted by Gasteiger charge is -2.49. The first-order chi connectivity index (χ1) is 16.3. The van der Waals surface area contributed by atoms with E-state index in [4.69, 9.17) is 11.6 Å². The number of carbonyl (C=O) groups is 1. The summed E-state index contributed by atoms with van der Waals surface area (Å²) in [6.45, 7) is 3.61. The lowest BCUT2D eigenvalue weighted by atomic mass is 9.93. The first-order valence-electron chi connectivity index (χ1n) is 10.4. The summed E-state index contributed by atoms with van der Waals surface area (Å²) in [6.07, 6.45) is 2.58. The van der Waals surface area contributed by atoms with Gasteiger partial charge in [0.1, 0.15) is 34.7 Å². The van der Waals surface area contributed by atoms with Crippen molar-refractivity contribution in [2.24, 2.45) is 0 Å². The molecule has 1 unspecified atom stereocenters. The van der Waals surface area contributed by atoms with Gasteiger partial charge in [0.25, 0.3) is 11.5 Å². The Morgan fingerprint density at radius 1 is 1.15 bits per heavy atom. The predicted octanol–water partition coefficient (Wildman–Crippen LogP) is 3.79. The summed E-state index contributed by atoms with van der Waals surface area (Å²) in [4.78, 5) is 42.5. The minimum atomic E-state index is -1.13. The molecular weight excluding hydrogens is 461 g/mol. The van der Waals surface area contributed by atoms with E-state index in [0.29, 0.717) is 17.0 Å². The Kier molecular flexibility index (Phi) is 5.17. The summed E-state index contributed by atoms with van der Waals surface area (Å²) in [7, 11) is 0. The van der Waals surface area contributed by atoms with Crippen LogP contribution in [0.3, 0.4) is 0 Å². The highest BCUT2D eigenvalue weighted by atomic mass is 35.5. The van der Waals surface area contributed by atoms with Gasteiger partial charge in [-0.05, 0) is 44.2 Å². The van der Waals surface area contributed by atoms with Gasteiger partial charge in [-0.3, -0.25) is 14.5 Å². The maximum atomic E-state index is 14.2. The molecule has 0 saturated carbocycles. The van der Waals surface area contributed by atoms with Crippen LogP contribution in [0.5, 0.6) is 0 Å². The van der Waals surface area contributed by atoms with Gasteiger partial charge < -0.3 is 15.6 Å². The molecule has 0 bridgehead atoms. The zero-order chi connectivity index (χ0) is 24.0. The van der Waals surface area contributed by atoms with Gasteiger partial charge in [-0.15, -0.1) is 0 Å². The zero-order valence-electron chi connectivity index (χ0n) is 18.1. The average molecular weight is 480 g/mol. The molecule has 1 aliphatic heterocycles. The number of benzene rings is 2. The number of amides is 1. The number of hydrogen-bond donors (Lipinski definition) is 3. The SMILES string of the molecule is C[C@H](Nc1ncnc2[nH]cnc(=O)c12)C1(C)Nc2cccc(Cl)c2C(=O)N1c1cccc(F)c1. The number of aromatic amines is 1. The third-order valence-electron chi connectivity index (χ3n) is 5.99. The van der Waals surface area contributed by atoms with Crippen LogP contribution in [0.25, 0.3) is 11.0 Å². The van der Waals surface area contributed by atoms with Gasteiger partial charge >= 0.3 is 0 Å². The monoisotopic (exact) mass is 479 g/mol. The lowest BCUT2D eigenvalue weighted by molar-refractivity contribution is 0.0953. The Balaban J connectivity index is 1.64. The number of hydrogen-bond acceptors (Lipinski definition) is 7. The second-order valence-corrected chi connectivity index (χ2v) is 8.48. The summed E-state index contributed by atoms with van der Waals surface area (Å²) < 4.78 is 14.2. The summed E-state index contributed by atoms with van der Waals surface area (Å²) >= 11 is 6.37. The molecule has 172 valence electrons. The normalized spacial score (nSPS) is 18.4. The van der Waals surface area contributed by atoms with E-state index in [2.05, 4.69) is 30.6 Å². The Morgan fingerprint density at radius 2 is 1.94 bits per heavy atom. The van der Waals surface area contributed by atoms with Gasteiger partial charge in [-0.2, -0.15) is 4.98 Å². The zero-order valence-corrected chi connectivity index (χ0v) is 18.9. The number of carbonyl (C=O) groups excluding carboxylic acids is 1. The van der Waals surface area contributed by atoms with Gasteiger partial charge in [0.05, 0.1) is 28.6 Å². The van der Waals surface area contributed by atoms with E-state index in [1.165, 1.54) is 35.8 Å². The molecule has 5 rings (SSSR count). The van der Waals surface area contributed by atoms with Crippen LogP contribution in [-0.4, -0.2) is 37.5 Å². The number of H-pyrrole nitrogens is 1. The van der Waals surface area contributed by atoms with Crippen LogP contribution in [-0.2, 0) is 0 Å². The molecule has 0 aliphatic carbocycles. The minimum Gasteiger partial charge on any atom is -0.363 e. The fourth-order valence-corrected chi connectivity index (χ4v) is 4.42. The molecular formula is C23H19ClFN7O2. The number of halogens is 2. The Labute approximate surface area is 198 Å². The summed E-state index contributed by atoms with van der Waals surface area (Å²) in [5.41, 5.74) is -0.150. The first-order valence-corrected chi connectivity index (χ1v) is 10.8. The first kappa shape index (κ1) is 21.8. The van der Waals surface area contributed by atoms with Crippen molar-refractivity contribution in [3.8, 4) is 0 Å². The largest absolute Gasteiger partial charge is 0.363 e. The third kappa shape index (κ3) is 3.43. The van der Waals surface area contributed by atoms with E-state index in [1.807, 2.05) is 6.92 Å². The number of aromatic nitrogens is 4. The average Bonchev–Trinajstić information content (AvgIpc) is 2.79. The maximum Gasteiger partial charge on any atom is 0.285 e. The molecule has 0 saturated heterocycles. The number of nitrogens with zero attached hydrogens (tertiary/aromatic N) is 4. The summed E-state index contributed by atoms with van der Waals surface area (Å²) in [6, 6.07) is 10.3.